The lowest BCUT2D eigenvalue weighted by Gasteiger charge is -2.56. The van der Waals surface area contributed by atoms with Gasteiger partial charge in [-0.05, 0) is 81.7 Å². The largest absolute Gasteiger partial charge is 0.299 e. The molecule has 2 aliphatic carbocycles. The van der Waals surface area contributed by atoms with E-state index in [0.717, 1.165) is 6.54 Å². The molecule has 0 spiro atoms. The summed E-state index contributed by atoms with van der Waals surface area (Å²) in [6.45, 7) is 10.8. The number of rotatable bonds is 7. The highest BCUT2D eigenvalue weighted by Crippen LogP contribution is 2.57. The first kappa shape index (κ1) is 27.0. The standard InChI is InChI=1S/C39H45N/c1-29(2)30-21-23-35-31(27-30)22-24-36-37(3,25-14-26-38(35,36)4)28-40-39(32-15-8-5-9-16-32,33-17-10-6-11-18-33)34-19-12-7-13-20-34/h5-13,15-21,23,27,29,36,40H,14,22,24-26,28H2,1-4H3/t36?,37-,38+/m0/s1. The number of aryl methyl sites for hydroxylation is 1. The van der Waals surface area contributed by atoms with E-state index in [1.54, 1.807) is 11.1 Å². The van der Waals surface area contributed by atoms with Crippen LogP contribution in [0.4, 0.5) is 0 Å². The number of hydrogen-bond acceptors (Lipinski definition) is 1. The molecule has 2 aliphatic rings. The molecule has 1 N–H and O–H groups in total. The smallest absolute Gasteiger partial charge is 0.0948 e. The molecule has 40 heavy (non-hydrogen) atoms. The van der Waals surface area contributed by atoms with Gasteiger partial charge in [-0.15, -0.1) is 0 Å². The zero-order valence-electron chi connectivity index (χ0n) is 24.8. The fourth-order valence-electron chi connectivity index (χ4n) is 8.42. The first-order chi connectivity index (χ1) is 19.4. The van der Waals surface area contributed by atoms with Gasteiger partial charge in [-0.2, -0.15) is 0 Å². The Morgan fingerprint density at radius 2 is 1.30 bits per heavy atom. The summed E-state index contributed by atoms with van der Waals surface area (Å²) in [6.07, 6.45) is 6.33. The minimum Gasteiger partial charge on any atom is -0.299 e. The van der Waals surface area contributed by atoms with Crippen molar-refractivity contribution >= 4 is 0 Å². The molecule has 0 aliphatic heterocycles. The summed E-state index contributed by atoms with van der Waals surface area (Å²) in [5.74, 6) is 1.23. The second-order valence-corrected chi connectivity index (χ2v) is 13.3. The van der Waals surface area contributed by atoms with Gasteiger partial charge in [0, 0.05) is 6.54 Å². The Bertz CT molecular complexity index is 1330. The molecule has 0 bridgehead atoms. The summed E-state index contributed by atoms with van der Waals surface area (Å²) >= 11 is 0. The van der Waals surface area contributed by atoms with Crippen LogP contribution in [0.15, 0.2) is 109 Å². The molecule has 1 saturated carbocycles. The zero-order valence-corrected chi connectivity index (χ0v) is 24.8. The van der Waals surface area contributed by atoms with Crippen LogP contribution in [0.5, 0.6) is 0 Å². The highest BCUT2D eigenvalue weighted by Gasteiger charge is 2.52. The molecule has 6 rings (SSSR count). The van der Waals surface area contributed by atoms with E-state index in [1.165, 1.54) is 54.4 Å². The van der Waals surface area contributed by atoms with Gasteiger partial charge >= 0.3 is 0 Å². The summed E-state index contributed by atoms with van der Waals surface area (Å²) in [6, 6.07) is 40.7. The summed E-state index contributed by atoms with van der Waals surface area (Å²) in [5, 5.41) is 4.29. The van der Waals surface area contributed by atoms with Gasteiger partial charge in [-0.25, -0.2) is 0 Å². The Labute approximate surface area is 242 Å². The minimum atomic E-state index is -0.417. The molecule has 1 fully saturated rings. The fourth-order valence-corrected chi connectivity index (χ4v) is 8.42. The van der Waals surface area contributed by atoms with E-state index in [2.05, 4.69) is 142 Å². The fraction of sp³-hybridized carbons (Fsp3) is 0.385. The van der Waals surface area contributed by atoms with Crippen LogP contribution in [0.3, 0.4) is 0 Å². The predicted octanol–water partition coefficient (Wildman–Crippen LogP) is 9.40. The normalized spacial score (nSPS) is 24.4. The predicted molar refractivity (Wildman–Crippen MR) is 169 cm³/mol. The maximum atomic E-state index is 4.29. The van der Waals surface area contributed by atoms with Crippen LogP contribution in [0, 0.1) is 11.3 Å². The first-order valence-electron chi connectivity index (χ1n) is 15.4. The molecule has 1 heteroatoms. The van der Waals surface area contributed by atoms with Crippen LogP contribution in [-0.2, 0) is 17.4 Å². The Balaban J connectivity index is 1.41. The third-order valence-corrected chi connectivity index (χ3v) is 10.5. The van der Waals surface area contributed by atoms with Crippen molar-refractivity contribution in [1.82, 2.24) is 5.32 Å². The third kappa shape index (κ3) is 4.53. The van der Waals surface area contributed by atoms with Gasteiger partial charge in [0.25, 0.3) is 0 Å². The van der Waals surface area contributed by atoms with E-state index in [-0.39, 0.29) is 10.8 Å². The van der Waals surface area contributed by atoms with Gasteiger partial charge < -0.3 is 0 Å². The lowest BCUT2D eigenvalue weighted by molar-refractivity contribution is 0.0222. The molecular weight excluding hydrogens is 482 g/mol. The maximum Gasteiger partial charge on any atom is 0.0948 e. The van der Waals surface area contributed by atoms with Gasteiger partial charge in [0.2, 0.25) is 0 Å². The summed E-state index contributed by atoms with van der Waals surface area (Å²) in [7, 11) is 0. The van der Waals surface area contributed by atoms with Gasteiger partial charge in [-0.3, -0.25) is 5.32 Å². The van der Waals surface area contributed by atoms with Crippen molar-refractivity contribution in [3.8, 4) is 0 Å². The number of benzene rings is 4. The van der Waals surface area contributed by atoms with Crippen molar-refractivity contribution in [2.75, 3.05) is 6.54 Å². The van der Waals surface area contributed by atoms with E-state index in [4.69, 9.17) is 0 Å². The molecule has 206 valence electrons. The lowest BCUT2D eigenvalue weighted by atomic mass is 9.49. The van der Waals surface area contributed by atoms with Crippen molar-refractivity contribution in [3.05, 3.63) is 143 Å². The van der Waals surface area contributed by atoms with Crippen molar-refractivity contribution < 1.29 is 0 Å². The molecule has 1 unspecified atom stereocenters. The highest BCUT2D eigenvalue weighted by atomic mass is 15.0. The molecule has 1 nitrogen and oxygen atoms in total. The van der Waals surface area contributed by atoms with Crippen molar-refractivity contribution in [2.45, 2.75) is 76.7 Å². The van der Waals surface area contributed by atoms with E-state index in [0.29, 0.717) is 11.8 Å². The van der Waals surface area contributed by atoms with E-state index in [1.807, 2.05) is 0 Å². The van der Waals surface area contributed by atoms with Crippen LogP contribution in [0.1, 0.15) is 92.7 Å². The third-order valence-electron chi connectivity index (χ3n) is 10.5. The lowest BCUT2D eigenvalue weighted by Crippen LogP contribution is -2.56. The Hall–Kier alpha value is -3.16. The van der Waals surface area contributed by atoms with Crippen LogP contribution in [0.2, 0.25) is 0 Å². The molecule has 3 atom stereocenters. The summed E-state index contributed by atoms with van der Waals surface area (Å²) < 4.78 is 0. The SMILES string of the molecule is CC(C)c1ccc2c(c1)CCC1[C@](C)(CNC(c3ccccc3)(c3ccccc3)c3ccccc3)CCC[C@]21C. The van der Waals surface area contributed by atoms with Crippen LogP contribution in [0.25, 0.3) is 0 Å². The zero-order chi connectivity index (χ0) is 27.8. The highest BCUT2D eigenvalue weighted by molar-refractivity contribution is 5.49. The second-order valence-electron chi connectivity index (χ2n) is 13.3. The van der Waals surface area contributed by atoms with Crippen LogP contribution < -0.4 is 5.32 Å². The first-order valence-corrected chi connectivity index (χ1v) is 15.4. The summed E-state index contributed by atoms with van der Waals surface area (Å²) in [5.41, 5.74) is 8.62. The molecular formula is C39H45N. The topological polar surface area (TPSA) is 12.0 Å². The maximum absolute atomic E-state index is 4.29. The average Bonchev–Trinajstić information content (AvgIpc) is 2.99. The van der Waals surface area contributed by atoms with Gasteiger partial charge in [0.05, 0.1) is 5.54 Å². The Morgan fingerprint density at radius 3 is 1.82 bits per heavy atom. The van der Waals surface area contributed by atoms with Crippen LogP contribution in [-0.4, -0.2) is 6.54 Å². The van der Waals surface area contributed by atoms with Gasteiger partial charge in [0.15, 0.2) is 0 Å². The molecule has 0 amide bonds. The quantitative estimate of drug-likeness (QED) is 0.236. The molecule has 0 radical (unpaired) electrons. The number of fused-ring (bicyclic) bond motifs is 3. The molecule has 0 saturated heterocycles. The van der Waals surface area contributed by atoms with Gasteiger partial charge in [-0.1, -0.05) is 143 Å². The van der Waals surface area contributed by atoms with Crippen molar-refractivity contribution in [1.29, 1.82) is 0 Å². The molecule has 4 aromatic rings. The minimum absolute atomic E-state index is 0.199. The number of hydrogen-bond donors (Lipinski definition) is 1. The monoisotopic (exact) mass is 527 g/mol. The van der Waals surface area contributed by atoms with Gasteiger partial charge in [0.1, 0.15) is 0 Å². The molecule has 0 aromatic heterocycles. The number of nitrogens with one attached hydrogen (secondary N) is 1. The van der Waals surface area contributed by atoms with E-state index in [9.17, 15) is 0 Å². The molecule has 0 heterocycles. The Morgan fingerprint density at radius 1 is 0.750 bits per heavy atom. The van der Waals surface area contributed by atoms with Crippen molar-refractivity contribution in [3.63, 3.8) is 0 Å². The summed E-state index contributed by atoms with van der Waals surface area (Å²) in [4.78, 5) is 0. The van der Waals surface area contributed by atoms with E-state index >= 15 is 0 Å². The van der Waals surface area contributed by atoms with Crippen molar-refractivity contribution in [2.24, 2.45) is 11.3 Å². The average molecular weight is 528 g/mol. The molecule has 4 aromatic carbocycles. The second kappa shape index (κ2) is 10.7. The van der Waals surface area contributed by atoms with Crippen LogP contribution >= 0.6 is 0 Å². The van der Waals surface area contributed by atoms with E-state index < -0.39 is 5.54 Å². The Kier molecular flexibility index (Phi) is 7.21.